The average molecular weight is 283 g/mol. The van der Waals surface area contributed by atoms with Gasteiger partial charge < -0.3 is 5.11 Å². The molecule has 1 aliphatic heterocycles. The van der Waals surface area contributed by atoms with Crippen LogP contribution in [0.2, 0.25) is 0 Å². The van der Waals surface area contributed by atoms with Gasteiger partial charge in [0.15, 0.2) is 9.84 Å². The van der Waals surface area contributed by atoms with Crippen LogP contribution in [0.1, 0.15) is 25.5 Å². The Hall–Kier alpha value is -1.40. The molecule has 1 aromatic carbocycles. The molecule has 1 aliphatic rings. The molecule has 0 saturated carbocycles. The lowest BCUT2D eigenvalue weighted by molar-refractivity contribution is -0.140. The number of sulfone groups is 1. The number of hydrogen-bond acceptors (Lipinski definition) is 4. The Labute approximate surface area is 112 Å². The molecule has 0 saturated heterocycles. The standard InChI is InChI=1S/C13H17NO4S/c1-8(2)12(13(15)16)14-10-7-19(17,18)11-6-4-3-5-9(10)11/h3-6,8,10,12,14H,7H2,1-2H3,(H,15,16). The summed E-state index contributed by atoms with van der Waals surface area (Å²) < 4.78 is 24.0. The second-order valence-corrected chi connectivity index (χ2v) is 7.10. The number of benzene rings is 1. The lowest BCUT2D eigenvalue weighted by atomic mass is 10.0. The number of carboxylic acids is 1. The predicted octanol–water partition coefficient (Wildman–Crippen LogP) is 1.21. The summed E-state index contributed by atoms with van der Waals surface area (Å²) >= 11 is 0. The first-order chi connectivity index (χ1) is 8.83. The quantitative estimate of drug-likeness (QED) is 0.868. The molecule has 0 fully saturated rings. The molecule has 0 bridgehead atoms. The molecule has 104 valence electrons. The topological polar surface area (TPSA) is 83.5 Å². The van der Waals surface area contributed by atoms with Crippen LogP contribution in [0, 0.1) is 5.92 Å². The number of nitrogens with one attached hydrogen (secondary N) is 1. The van der Waals surface area contributed by atoms with Crippen molar-refractivity contribution in [3.05, 3.63) is 29.8 Å². The second kappa shape index (κ2) is 4.94. The van der Waals surface area contributed by atoms with E-state index in [1.807, 2.05) is 0 Å². The Bertz CT molecular complexity index is 594. The third-order valence-electron chi connectivity index (χ3n) is 3.33. The van der Waals surface area contributed by atoms with E-state index in [1.165, 1.54) is 0 Å². The Morgan fingerprint density at radius 1 is 1.37 bits per heavy atom. The SMILES string of the molecule is CC(C)C(NC1CS(=O)(=O)c2ccccc21)C(=O)O. The predicted molar refractivity (Wildman–Crippen MR) is 70.6 cm³/mol. The minimum atomic E-state index is -3.31. The number of hydrogen-bond donors (Lipinski definition) is 2. The fourth-order valence-electron chi connectivity index (χ4n) is 2.35. The smallest absolute Gasteiger partial charge is 0.320 e. The minimum Gasteiger partial charge on any atom is -0.480 e. The summed E-state index contributed by atoms with van der Waals surface area (Å²) in [4.78, 5) is 11.5. The van der Waals surface area contributed by atoms with Gasteiger partial charge in [-0.1, -0.05) is 32.0 Å². The van der Waals surface area contributed by atoms with Crippen molar-refractivity contribution in [2.45, 2.75) is 30.8 Å². The van der Waals surface area contributed by atoms with E-state index >= 15 is 0 Å². The Balaban J connectivity index is 2.32. The minimum absolute atomic E-state index is 0.0805. The molecule has 5 nitrogen and oxygen atoms in total. The molecule has 19 heavy (non-hydrogen) atoms. The van der Waals surface area contributed by atoms with Gasteiger partial charge in [0, 0.05) is 6.04 Å². The van der Waals surface area contributed by atoms with E-state index in [1.54, 1.807) is 38.1 Å². The van der Waals surface area contributed by atoms with Crippen molar-refractivity contribution in [3.8, 4) is 0 Å². The summed E-state index contributed by atoms with van der Waals surface area (Å²) in [5.41, 5.74) is 0.661. The van der Waals surface area contributed by atoms with Gasteiger partial charge in [-0.25, -0.2) is 8.42 Å². The van der Waals surface area contributed by atoms with Crippen molar-refractivity contribution < 1.29 is 18.3 Å². The van der Waals surface area contributed by atoms with Gasteiger partial charge in [0.25, 0.3) is 0 Å². The Morgan fingerprint density at radius 3 is 2.58 bits per heavy atom. The molecular weight excluding hydrogens is 266 g/mol. The summed E-state index contributed by atoms with van der Waals surface area (Å²) in [5.74, 6) is -1.16. The van der Waals surface area contributed by atoms with E-state index in [2.05, 4.69) is 5.32 Å². The van der Waals surface area contributed by atoms with Crippen LogP contribution in [0.15, 0.2) is 29.2 Å². The highest BCUT2D eigenvalue weighted by atomic mass is 32.2. The van der Waals surface area contributed by atoms with Crippen molar-refractivity contribution in [2.24, 2.45) is 5.92 Å². The Morgan fingerprint density at radius 2 is 2.00 bits per heavy atom. The van der Waals surface area contributed by atoms with Crippen LogP contribution in [-0.4, -0.2) is 31.3 Å². The van der Waals surface area contributed by atoms with E-state index in [9.17, 15) is 18.3 Å². The molecule has 0 radical (unpaired) electrons. The molecule has 6 heteroatoms. The molecule has 2 atom stereocenters. The number of fused-ring (bicyclic) bond motifs is 1. The van der Waals surface area contributed by atoms with Gasteiger partial charge in [0.05, 0.1) is 10.6 Å². The van der Waals surface area contributed by atoms with E-state index in [4.69, 9.17) is 0 Å². The van der Waals surface area contributed by atoms with Crippen LogP contribution in [0.3, 0.4) is 0 Å². The normalized spacial score (nSPS) is 22.2. The molecule has 0 aliphatic carbocycles. The molecule has 0 amide bonds. The van der Waals surface area contributed by atoms with Crippen molar-refractivity contribution in [1.82, 2.24) is 5.32 Å². The van der Waals surface area contributed by atoms with Gasteiger partial charge in [-0.3, -0.25) is 10.1 Å². The maximum atomic E-state index is 12.0. The van der Waals surface area contributed by atoms with Crippen LogP contribution in [0.25, 0.3) is 0 Å². The molecule has 0 spiro atoms. The van der Waals surface area contributed by atoms with Crippen molar-refractivity contribution in [2.75, 3.05) is 5.75 Å². The summed E-state index contributed by atoms with van der Waals surface area (Å²) in [7, 11) is -3.31. The summed E-state index contributed by atoms with van der Waals surface area (Å²) in [6.07, 6.45) is 0. The highest BCUT2D eigenvalue weighted by molar-refractivity contribution is 7.91. The first-order valence-corrected chi connectivity index (χ1v) is 7.78. The maximum absolute atomic E-state index is 12.0. The molecule has 2 unspecified atom stereocenters. The molecule has 2 rings (SSSR count). The molecular formula is C13H17NO4S. The summed E-state index contributed by atoms with van der Waals surface area (Å²) in [6, 6.07) is 5.53. The van der Waals surface area contributed by atoms with Gasteiger partial charge >= 0.3 is 5.97 Å². The second-order valence-electron chi connectivity index (χ2n) is 5.10. The van der Waals surface area contributed by atoms with Crippen LogP contribution in [-0.2, 0) is 14.6 Å². The highest BCUT2D eigenvalue weighted by Crippen LogP contribution is 2.33. The zero-order valence-electron chi connectivity index (χ0n) is 10.8. The third-order valence-corrected chi connectivity index (χ3v) is 5.14. The first kappa shape index (κ1) is 14.0. The van der Waals surface area contributed by atoms with Gasteiger partial charge in [0.1, 0.15) is 6.04 Å². The summed E-state index contributed by atoms with van der Waals surface area (Å²) in [6.45, 7) is 3.59. The molecule has 1 aromatic rings. The zero-order chi connectivity index (χ0) is 14.2. The van der Waals surface area contributed by atoms with E-state index in [-0.39, 0.29) is 11.7 Å². The molecule has 2 N–H and O–H groups in total. The van der Waals surface area contributed by atoms with Crippen LogP contribution in [0.5, 0.6) is 0 Å². The van der Waals surface area contributed by atoms with Crippen LogP contribution < -0.4 is 5.32 Å². The van der Waals surface area contributed by atoms with E-state index in [0.717, 1.165) is 0 Å². The monoisotopic (exact) mass is 283 g/mol. The number of aliphatic carboxylic acids is 1. The van der Waals surface area contributed by atoms with Crippen LogP contribution >= 0.6 is 0 Å². The third kappa shape index (κ3) is 2.64. The average Bonchev–Trinajstić information content (AvgIpc) is 2.58. The van der Waals surface area contributed by atoms with Crippen molar-refractivity contribution >= 4 is 15.8 Å². The lowest BCUT2D eigenvalue weighted by Crippen LogP contribution is -2.43. The zero-order valence-corrected chi connectivity index (χ0v) is 11.6. The van der Waals surface area contributed by atoms with E-state index in [0.29, 0.717) is 10.5 Å². The van der Waals surface area contributed by atoms with Gasteiger partial charge in [-0.05, 0) is 17.5 Å². The Kier molecular flexibility index (Phi) is 3.64. The number of rotatable bonds is 4. The van der Waals surface area contributed by atoms with Gasteiger partial charge in [-0.15, -0.1) is 0 Å². The van der Waals surface area contributed by atoms with Crippen molar-refractivity contribution in [1.29, 1.82) is 0 Å². The lowest BCUT2D eigenvalue weighted by Gasteiger charge is -2.22. The largest absolute Gasteiger partial charge is 0.480 e. The van der Waals surface area contributed by atoms with Gasteiger partial charge in [0.2, 0.25) is 0 Å². The van der Waals surface area contributed by atoms with Crippen LogP contribution in [0.4, 0.5) is 0 Å². The highest BCUT2D eigenvalue weighted by Gasteiger charge is 2.37. The molecule has 0 aromatic heterocycles. The maximum Gasteiger partial charge on any atom is 0.320 e. The molecule has 1 heterocycles. The summed E-state index contributed by atoms with van der Waals surface area (Å²) in [5, 5.41) is 12.1. The fourth-order valence-corrected chi connectivity index (χ4v) is 4.10. The number of carbonyl (C=O) groups is 1. The van der Waals surface area contributed by atoms with E-state index < -0.39 is 27.9 Å². The number of carboxylic acid groups (broad SMARTS) is 1. The van der Waals surface area contributed by atoms with Crippen molar-refractivity contribution in [3.63, 3.8) is 0 Å². The van der Waals surface area contributed by atoms with Gasteiger partial charge in [-0.2, -0.15) is 0 Å². The first-order valence-electron chi connectivity index (χ1n) is 6.13. The fraction of sp³-hybridized carbons (Fsp3) is 0.462.